The second-order valence-electron chi connectivity index (χ2n) is 17.8. The standard InChI is InChI=1S/C39H60O8/c1-22(2)16-31(43)46-21-38(9)28-12-14-36(7)25-18-30(42)39(20-40)26(24(25)10-11-27(36)37(28,8)15-13-29(38)41)19-35(5,6)34(33(39)45)47-32(44)17-23(3)4/h10,16-17,25-30,33-34,40-42,45H,11-15,18-21H2,1-9H3/t25?,26?,27?,28?,29-,30+,33-,34-,36-,37+,38+,39-/m0/s1. The molecule has 47 heavy (non-hydrogen) atoms. The quantitative estimate of drug-likeness (QED) is 0.163. The Balaban J connectivity index is 1.48. The highest BCUT2D eigenvalue weighted by Gasteiger charge is 2.70. The molecule has 0 aromatic heterocycles. The number of carbonyl (C=O) groups is 2. The molecule has 5 aliphatic carbocycles. The van der Waals surface area contributed by atoms with Crippen molar-refractivity contribution in [1.82, 2.24) is 0 Å². The second-order valence-corrected chi connectivity index (χ2v) is 17.8. The van der Waals surface area contributed by atoms with E-state index in [2.05, 4.69) is 26.8 Å². The van der Waals surface area contributed by atoms with Crippen LogP contribution in [0.3, 0.4) is 0 Å². The van der Waals surface area contributed by atoms with E-state index in [1.165, 1.54) is 17.7 Å². The third kappa shape index (κ3) is 5.67. The van der Waals surface area contributed by atoms with Crippen LogP contribution < -0.4 is 0 Å². The summed E-state index contributed by atoms with van der Waals surface area (Å²) in [4.78, 5) is 25.3. The molecule has 0 aromatic carbocycles. The summed E-state index contributed by atoms with van der Waals surface area (Å²) in [5.74, 6) is -0.642. The smallest absolute Gasteiger partial charge is 0.331 e. The maximum absolute atomic E-state index is 12.8. The first-order valence-electron chi connectivity index (χ1n) is 17.8. The third-order valence-corrected chi connectivity index (χ3v) is 14.0. The number of esters is 2. The van der Waals surface area contributed by atoms with Crippen LogP contribution in [0.2, 0.25) is 0 Å². The Morgan fingerprint density at radius 2 is 1.47 bits per heavy atom. The molecule has 4 unspecified atom stereocenters. The minimum Gasteiger partial charge on any atom is -0.462 e. The van der Waals surface area contributed by atoms with E-state index in [-0.39, 0.29) is 47.1 Å². The van der Waals surface area contributed by atoms with Crippen molar-refractivity contribution in [1.29, 1.82) is 0 Å². The Labute approximate surface area is 281 Å². The van der Waals surface area contributed by atoms with Gasteiger partial charge in [0.15, 0.2) is 0 Å². The summed E-state index contributed by atoms with van der Waals surface area (Å²) >= 11 is 0. The Kier molecular flexibility index (Phi) is 9.57. The number of carbonyl (C=O) groups excluding carboxylic acids is 2. The fraction of sp³-hybridized carbons (Fsp3) is 0.795. The van der Waals surface area contributed by atoms with Crippen LogP contribution in [0.4, 0.5) is 0 Å². The molecular formula is C39H60O8. The van der Waals surface area contributed by atoms with Gasteiger partial charge in [-0.15, -0.1) is 0 Å². The average molecular weight is 657 g/mol. The minimum atomic E-state index is -1.24. The number of allylic oxidation sites excluding steroid dienone is 4. The van der Waals surface area contributed by atoms with Gasteiger partial charge in [-0.05, 0) is 107 Å². The van der Waals surface area contributed by atoms with Crippen LogP contribution in [0.25, 0.3) is 0 Å². The average Bonchev–Trinajstić information content (AvgIpc) is 2.96. The predicted molar refractivity (Wildman–Crippen MR) is 180 cm³/mol. The number of hydrogen-bond acceptors (Lipinski definition) is 8. The summed E-state index contributed by atoms with van der Waals surface area (Å²) in [7, 11) is 0. The van der Waals surface area contributed by atoms with Crippen molar-refractivity contribution in [3.8, 4) is 0 Å². The summed E-state index contributed by atoms with van der Waals surface area (Å²) in [5, 5.41) is 46.5. The molecule has 0 spiro atoms. The zero-order chi connectivity index (χ0) is 34.9. The predicted octanol–water partition coefficient (Wildman–Crippen LogP) is 5.67. The summed E-state index contributed by atoms with van der Waals surface area (Å²) < 4.78 is 11.7. The number of rotatable bonds is 6. The lowest BCUT2D eigenvalue weighted by atomic mass is 9.36. The van der Waals surface area contributed by atoms with Crippen molar-refractivity contribution < 1.29 is 39.5 Å². The van der Waals surface area contributed by atoms with Gasteiger partial charge in [-0.1, -0.05) is 57.4 Å². The molecule has 0 amide bonds. The fourth-order valence-electron chi connectivity index (χ4n) is 11.6. The minimum absolute atomic E-state index is 0.0695. The van der Waals surface area contributed by atoms with Gasteiger partial charge in [0.25, 0.3) is 0 Å². The largest absolute Gasteiger partial charge is 0.462 e. The van der Waals surface area contributed by atoms with Gasteiger partial charge < -0.3 is 29.9 Å². The first kappa shape index (κ1) is 36.3. The number of hydrogen-bond donors (Lipinski definition) is 4. The van der Waals surface area contributed by atoms with Gasteiger partial charge in [-0.25, -0.2) is 9.59 Å². The molecule has 5 aliphatic rings. The van der Waals surface area contributed by atoms with Crippen LogP contribution in [0.1, 0.15) is 107 Å². The lowest BCUT2D eigenvalue weighted by molar-refractivity contribution is -0.249. The first-order chi connectivity index (χ1) is 21.8. The van der Waals surface area contributed by atoms with Gasteiger partial charge in [-0.3, -0.25) is 0 Å². The maximum atomic E-state index is 12.8. The van der Waals surface area contributed by atoms with E-state index in [0.29, 0.717) is 19.3 Å². The Bertz CT molecular complexity index is 1340. The van der Waals surface area contributed by atoms with Crippen LogP contribution in [0, 0.1) is 50.7 Å². The number of fused-ring (bicyclic) bond motifs is 7. The van der Waals surface area contributed by atoms with E-state index in [1.807, 2.05) is 41.5 Å². The van der Waals surface area contributed by atoms with Crippen molar-refractivity contribution in [3.63, 3.8) is 0 Å². The van der Waals surface area contributed by atoms with Gasteiger partial charge >= 0.3 is 11.9 Å². The summed E-state index contributed by atoms with van der Waals surface area (Å²) in [5.41, 5.74) is 0.242. The van der Waals surface area contributed by atoms with Crippen LogP contribution in [0.5, 0.6) is 0 Å². The van der Waals surface area contributed by atoms with Crippen LogP contribution >= 0.6 is 0 Å². The lowest BCUT2D eigenvalue weighted by Gasteiger charge is -2.69. The zero-order valence-electron chi connectivity index (χ0n) is 30.1. The van der Waals surface area contributed by atoms with Crippen molar-refractivity contribution in [2.45, 2.75) is 132 Å². The molecule has 0 aromatic rings. The van der Waals surface area contributed by atoms with Gasteiger partial charge in [0, 0.05) is 23.0 Å². The Morgan fingerprint density at radius 3 is 2.09 bits per heavy atom. The van der Waals surface area contributed by atoms with Crippen LogP contribution in [-0.4, -0.2) is 70.0 Å². The number of aliphatic hydroxyl groups excluding tert-OH is 4. The number of aliphatic hydroxyl groups is 4. The van der Waals surface area contributed by atoms with E-state index < -0.39 is 53.2 Å². The highest BCUT2D eigenvalue weighted by molar-refractivity contribution is 5.83. The monoisotopic (exact) mass is 656 g/mol. The Morgan fingerprint density at radius 1 is 0.851 bits per heavy atom. The zero-order valence-corrected chi connectivity index (χ0v) is 30.1. The molecule has 4 fully saturated rings. The highest BCUT2D eigenvalue weighted by Crippen LogP contribution is 2.72. The molecule has 0 saturated heterocycles. The van der Waals surface area contributed by atoms with Crippen molar-refractivity contribution in [3.05, 3.63) is 34.9 Å². The van der Waals surface area contributed by atoms with E-state index in [4.69, 9.17) is 9.47 Å². The van der Waals surface area contributed by atoms with Crippen molar-refractivity contribution in [2.24, 2.45) is 50.7 Å². The molecular weight excluding hydrogens is 596 g/mol. The second kappa shape index (κ2) is 12.4. The molecule has 264 valence electrons. The van der Waals surface area contributed by atoms with E-state index in [1.54, 1.807) is 0 Å². The fourth-order valence-corrected chi connectivity index (χ4v) is 11.6. The SMILES string of the molecule is CC(C)=CC(=O)OC[C@]1(C)C2CC[C@@]3(C)C4C[C@@H](O)[C@]5(CO)C(CC(C)(C)[C@@H](OC(=O)C=C(C)C)[C@@H]5O)C4=CCC3[C@@]2(C)CC[C@@H]1O. The van der Waals surface area contributed by atoms with Gasteiger partial charge in [-0.2, -0.15) is 0 Å². The third-order valence-electron chi connectivity index (χ3n) is 14.0. The lowest BCUT2D eigenvalue weighted by Crippen LogP contribution is -2.70. The van der Waals surface area contributed by atoms with E-state index in [9.17, 15) is 30.0 Å². The van der Waals surface area contributed by atoms with Crippen molar-refractivity contribution >= 4 is 11.9 Å². The number of ether oxygens (including phenoxy) is 2. The molecule has 4 N–H and O–H groups in total. The van der Waals surface area contributed by atoms with Crippen molar-refractivity contribution in [2.75, 3.05) is 13.2 Å². The molecule has 12 atom stereocenters. The molecule has 0 aliphatic heterocycles. The van der Waals surface area contributed by atoms with Gasteiger partial charge in [0.1, 0.15) is 12.2 Å². The summed E-state index contributed by atoms with van der Waals surface area (Å²) in [6, 6.07) is 0. The Hall–Kier alpha value is -2.00. The van der Waals surface area contributed by atoms with E-state index in [0.717, 1.165) is 36.8 Å². The molecule has 0 bridgehead atoms. The molecule has 5 rings (SSSR count). The van der Waals surface area contributed by atoms with Gasteiger partial charge in [0.2, 0.25) is 0 Å². The maximum Gasteiger partial charge on any atom is 0.331 e. The van der Waals surface area contributed by atoms with Crippen LogP contribution in [-0.2, 0) is 19.1 Å². The normalized spacial score (nSPS) is 45.1. The van der Waals surface area contributed by atoms with E-state index >= 15 is 0 Å². The van der Waals surface area contributed by atoms with Crippen LogP contribution in [0.15, 0.2) is 34.9 Å². The molecule has 0 heterocycles. The molecule has 0 radical (unpaired) electrons. The summed E-state index contributed by atoms with van der Waals surface area (Å²) in [6.07, 6.45) is 6.74. The first-order valence-corrected chi connectivity index (χ1v) is 17.8. The topological polar surface area (TPSA) is 134 Å². The highest BCUT2D eigenvalue weighted by atomic mass is 16.6. The molecule has 4 saturated carbocycles. The molecule has 8 nitrogen and oxygen atoms in total. The van der Waals surface area contributed by atoms with Gasteiger partial charge in [0.05, 0.1) is 30.8 Å². The molecule has 8 heteroatoms. The summed E-state index contributed by atoms with van der Waals surface area (Å²) in [6.45, 7) is 18.0.